The van der Waals surface area contributed by atoms with Crippen LogP contribution in [0.15, 0.2) is 41.3 Å². The molecule has 4 rings (SSSR count). The van der Waals surface area contributed by atoms with Crippen molar-refractivity contribution in [2.24, 2.45) is 0 Å². The van der Waals surface area contributed by atoms with E-state index in [1.807, 2.05) is 0 Å². The van der Waals surface area contributed by atoms with E-state index in [1.54, 1.807) is 37.5 Å². The molecule has 146 valence electrons. The van der Waals surface area contributed by atoms with Gasteiger partial charge in [0.25, 0.3) is 5.91 Å². The summed E-state index contributed by atoms with van der Waals surface area (Å²) in [5, 5.41) is 2.74. The molecule has 1 saturated carbocycles. The van der Waals surface area contributed by atoms with Gasteiger partial charge in [-0.3, -0.25) is 14.5 Å². The van der Waals surface area contributed by atoms with Crippen LogP contribution >= 0.6 is 0 Å². The molecule has 0 radical (unpaired) electrons. The molecule has 1 aliphatic heterocycles. The van der Waals surface area contributed by atoms with Gasteiger partial charge in [0.2, 0.25) is 5.91 Å². The molecule has 1 aromatic heterocycles. The van der Waals surface area contributed by atoms with Crippen molar-refractivity contribution in [2.45, 2.75) is 37.6 Å². The predicted octanol–water partition coefficient (Wildman–Crippen LogP) is 2.88. The van der Waals surface area contributed by atoms with Crippen LogP contribution in [0.1, 0.15) is 32.1 Å². The summed E-state index contributed by atoms with van der Waals surface area (Å²) in [4.78, 5) is 44.4. The number of aromatic nitrogens is 1. The Morgan fingerprint density at radius 3 is 2.54 bits per heavy atom. The first kappa shape index (κ1) is 18.2. The Bertz CT molecular complexity index is 885. The van der Waals surface area contributed by atoms with Crippen LogP contribution in [-0.4, -0.2) is 51.8 Å². The van der Waals surface area contributed by atoms with Crippen LogP contribution in [0, 0.1) is 0 Å². The average Bonchev–Trinajstić information content (AvgIpc) is 3.30. The fourth-order valence-corrected chi connectivity index (χ4v) is 4.09. The Balaban J connectivity index is 1.42. The quantitative estimate of drug-likeness (QED) is 0.821. The lowest BCUT2D eigenvalue weighted by Crippen LogP contribution is -2.49. The molecule has 4 amide bonds. The van der Waals surface area contributed by atoms with Gasteiger partial charge in [-0.25, -0.2) is 9.78 Å². The lowest BCUT2D eigenvalue weighted by Gasteiger charge is -2.35. The number of nitrogens with zero attached hydrogens (tertiary/aromatic N) is 3. The summed E-state index contributed by atoms with van der Waals surface area (Å²) in [6, 6.07) is 6.67. The van der Waals surface area contributed by atoms with E-state index in [-0.39, 0.29) is 12.5 Å². The molecule has 28 heavy (non-hydrogen) atoms. The lowest BCUT2D eigenvalue weighted by atomic mass is 9.81. The Labute approximate surface area is 162 Å². The number of likely N-dealkylation sites (N-methyl/N-ethyl adjacent to an activating group) is 1. The van der Waals surface area contributed by atoms with Gasteiger partial charge in [0.1, 0.15) is 12.1 Å². The SMILES string of the molecule is CN1C(=O)N(CC(=O)Nc2ccc(-c3cnco3)cc2)C(=O)C12CCCCC2. The Morgan fingerprint density at radius 2 is 1.89 bits per heavy atom. The molecule has 1 saturated heterocycles. The minimum Gasteiger partial charge on any atom is -0.444 e. The summed E-state index contributed by atoms with van der Waals surface area (Å²) in [5.41, 5.74) is 0.642. The smallest absolute Gasteiger partial charge is 0.327 e. The second kappa shape index (κ2) is 7.10. The van der Waals surface area contributed by atoms with Gasteiger partial charge >= 0.3 is 6.03 Å². The van der Waals surface area contributed by atoms with Crippen molar-refractivity contribution in [3.8, 4) is 11.3 Å². The summed E-state index contributed by atoms with van der Waals surface area (Å²) < 4.78 is 5.23. The number of carbonyl (C=O) groups excluding carboxylic acids is 3. The van der Waals surface area contributed by atoms with Gasteiger partial charge in [0.15, 0.2) is 12.2 Å². The molecular formula is C20H22N4O4. The minimum atomic E-state index is -0.770. The van der Waals surface area contributed by atoms with E-state index in [0.717, 1.165) is 29.7 Å². The first-order chi connectivity index (χ1) is 13.5. The van der Waals surface area contributed by atoms with Crippen LogP contribution in [0.3, 0.4) is 0 Å². The minimum absolute atomic E-state index is 0.254. The Morgan fingerprint density at radius 1 is 1.18 bits per heavy atom. The highest BCUT2D eigenvalue weighted by Gasteiger charge is 2.55. The summed E-state index contributed by atoms with van der Waals surface area (Å²) >= 11 is 0. The standard InChI is InChI=1S/C20H22N4O4/c1-23-19(27)24(18(26)20(23)9-3-2-4-10-20)12-17(25)22-15-7-5-14(6-8-15)16-11-21-13-28-16/h5-8,11,13H,2-4,9-10,12H2,1H3,(H,22,25). The fraction of sp³-hybridized carbons (Fsp3) is 0.400. The molecule has 1 spiro atoms. The number of hydrogen-bond donors (Lipinski definition) is 1. The number of benzene rings is 1. The number of imide groups is 1. The van der Waals surface area contributed by atoms with Crippen LogP contribution < -0.4 is 5.32 Å². The molecule has 1 aliphatic carbocycles. The highest BCUT2D eigenvalue weighted by Crippen LogP contribution is 2.39. The third-order valence-electron chi connectivity index (χ3n) is 5.67. The summed E-state index contributed by atoms with van der Waals surface area (Å²) in [6.07, 6.45) is 7.19. The maximum absolute atomic E-state index is 12.9. The normalized spacial score (nSPS) is 18.8. The van der Waals surface area contributed by atoms with Gasteiger partial charge in [0.05, 0.1) is 6.20 Å². The van der Waals surface area contributed by atoms with E-state index in [2.05, 4.69) is 10.3 Å². The molecule has 2 aliphatic rings. The molecule has 1 aromatic carbocycles. The fourth-order valence-electron chi connectivity index (χ4n) is 4.09. The van der Waals surface area contributed by atoms with Crippen LogP contribution in [0.4, 0.5) is 10.5 Å². The molecule has 2 aromatic rings. The second-order valence-corrected chi connectivity index (χ2v) is 7.32. The number of rotatable bonds is 4. The van der Waals surface area contributed by atoms with E-state index >= 15 is 0 Å². The number of amides is 4. The maximum Gasteiger partial charge on any atom is 0.327 e. The zero-order valence-corrected chi connectivity index (χ0v) is 15.7. The molecule has 8 nitrogen and oxygen atoms in total. The van der Waals surface area contributed by atoms with Crippen molar-refractivity contribution in [1.82, 2.24) is 14.8 Å². The largest absolute Gasteiger partial charge is 0.444 e. The summed E-state index contributed by atoms with van der Waals surface area (Å²) in [5.74, 6) is -0.0298. The third-order valence-corrected chi connectivity index (χ3v) is 5.67. The molecule has 1 N–H and O–H groups in total. The molecule has 2 heterocycles. The highest BCUT2D eigenvalue weighted by molar-refractivity contribution is 6.10. The summed E-state index contributed by atoms with van der Waals surface area (Å²) in [6.45, 7) is -0.284. The molecule has 0 bridgehead atoms. The average molecular weight is 382 g/mol. The third kappa shape index (κ3) is 3.04. The number of hydrogen-bond acceptors (Lipinski definition) is 5. The number of oxazole rings is 1. The van der Waals surface area contributed by atoms with Crippen molar-refractivity contribution in [2.75, 3.05) is 18.9 Å². The first-order valence-corrected chi connectivity index (χ1v) is 9.40. The Kier molecular flexibility index (Phi) is 4.62. The predicted molar refractivity (Wildman–Crippen MR) is 101 cm³/mol. The first-order valence-electron chi connectivity index (χ1n) is 9.40. The van der Waals surface area contributed by atoms with Gasteiger partial charge in [-0.05, 0) is 37.1 Å². The zero-order chi connectivity index (χ0) is 19.7. The van der Waals surface area contributed by atoms with Gasteiger partial charge < -0.3 is 14.6 Å². The lowest BCUT2D eigenvalue weighted by molar-refractivity contribution is -0.136. The van der Waals surface area contributed by atoms with Crippen molar-refractivity contribution < 1.29 is 18.8 Å². The van der Waals surface area contributed by atoms with E-state index in [4.69, 9.17) is 4.42 Å². The number of carbonyl (C=O) groups is 3. The number of urea groups is 1. The van der Waals surface area contributed by atoms with Gasteiger partial charge in [0, 0.05) is 18.3 Å². The second-order valence-electron chi connectivity index (χ2n) is 7.32. The molecule has 0 unspecified atom stereocenters. The van der Waals surface area contributed by atoms with Crippen molar-refractivity contribution in [3.05, 3.63) is 36.9 Å². The Hall–Kier alpha value is -3.16. The van der Waals surface area contributed by atoms with Gasteiger partial charge in [-0.2, -0.15) is 0 Å². The monoisotopic (exact) mass is 382 g/mol. The van der Waals surface area contributed by atoms with Crippen LogP contribution in [0.5, 0.6) is 0 Å². The zero-order valence-electron chi connectivity index (χ0n) is 15.7. The van der Waals surface area contributed by atoms with Crippen LogP contribution in [0.2, 0.25) is 0 Å². The van der Waals surface area contributed by atoms with Crippen molar-refractivity contribution >= 4 is 23.5 Å². The topological polar surface area (TPSA) is 95.8 Å². The van der Waals surface area contributed by atoms with Crippen LogP contribution in [0.25, 0.3) is 11.3 Å². The van der Waals surface area contributed by atoms with E-state index < -0.39 is 17.5 Å². The number of nitrogens with one attached hydrogen (secondary N) is 1. The molecular weight excluding hydrogens is 360 g/mol. The van der Waals surface area contributed by atoms with Gasteiger partial charge in [-0.1, -0.05) is 19.3 Å². The van der Waals surface area contributed by atoms with Crippen molar-refractivity contribution in [1.29, 1.82) is 0 Å². The molecule has 8 heteroatoms. The van der Waals surface area contributed by atoms with Gasteiger partial charge in [-0.15, -0.1) is 0 Å². The maximum atomic E-state index is 12.9. The number of anilines is 1. The van der Waals surface area contributed by atoms with E-state index in [1.165, 1.54) is 11.3 Å². The van der Waals surface area contributed by atoms with E-state index in [0.29, 0.717) is 24.3 Å². The van der Waals surface area contributed by atoms with Crippen molar-refractivity contribution in [3.63, 3.8) is 0 Å². The van der Waals surface area contributed by atoms with E-state index in [9.17, 15) is 14.4 Å². The summed E-state index contributed by atoms with van der Waals surface area (Å²) in [7, 11) is 1.66. The molecule has 0 atom stereocenters. The van der Waals surface area contributed by atoms with Crippen LogP contribution in [-0.2, 0) is 9.59 Å². The highest BCUT2D eigenvalue weighted by atomic mass is 16.3. The molecule has 2 fully saturated rings.